The van der Waals surface area contributed by atoms with E-state index in [1.165, 1.54) is 18.3 Å². The summed E-state index contributed by atoms with van der Waals surface area (Å²) in [6.45, 7) is 0.0270. The molecular formula is C13H15N3O6S. The summed E-state index contributed by atoms with van der Waals surface area (Å²) < 4.78 is 33.7. The maximum absolute atomic E-state index is 12.5. The van der Waals surface area contributed by atoms with Crippen LogP contribution in [0.5, 0.6) is 5.75 Å². The quantitative estimate of drug-likeness (QED) is 0.640. The van der Waals surface area contributed by atoms with Gasteiger partial charge in [-0.25, -0.2) is 14.0 Å². The lowest BCUT2D eigenvalue weighted by Gasteiger charge is -2.45. The molecule has 1 aliphatic heterocycles. The number of carbonyl (C=O) groups is 1. The smallest absolute Gasteiger partial charge is 0.358 e. The van der Waals surface area contributed by atoms with Crippen molar-refractivity contribution in [3.05, 3.63) is 24.0 Å². The maximum Gasteiger partial charge on any atom is 0.358 e. The van der Waals surface area contributed by atoms with Gasteiger partial charge in [0.2, 0.25) is 0 Å². The molecule has 23 heavy (non-hydrogen) atoms. The van der Waals surface area contributed by atoms with E-state index in [0.29, 0.717) is 12.8 Å². The van der Waals surface area contributed by atoms with Crippen molar-refractivity contribution in [2.75, 3.05) is 16.6 Å². The Morgan fingerprint density at radius 2 is 2.04 bits per heavy atom. The van der Waals surface area contributed by atoms with Gasteiger partial charge >= 0.3 is 5.97 Å². The molecule has 3 heterocycles. The van der Waals surface area contributed by atoms with Crippen LogP contribution in [0.2, 0.25) is 0 Å². The zero-order valence-corrected chi connectivity index (χ0v) is 12.7. The van der Waals surface area contributed by atoms with Gasteiger partial charge in [0, 0.05) is 18.1 Å². The Labute approximate surface area is 130 Å². The van der Waals surface area contributed by atoms with Gasteiger partial charge in [0.05, 0.1) is 5.75 Å². The number of aromatic hydroxyl groups is 1. The number of carboxylic acids is 1. The second-order valence-electron chi connectivity index (χ2n) is 5.32. The van der Waals surface area contributed by atoms with Crippen LogP contribution in [0.3, 0.4) is 0 Å². The zero-order chi connectivity index (χ0) is 16.9. The molecule has 124 valence electrons. The highest BCUT2D eigenvalue weighted by Crippen LogP contribution is 2.39. The van der Waals surface area contributed by atoms with Gasteiger partial charge in [-0.05, 0) is 25.0 Å². The summed E-state index contributed by atoms with van der Waals surface area (Å²) in [5, 5.41) is 19.4. The summed E-state index contributed by atoms with van der Waals surface area (Å²) in [4.78, 5) is 19.0. The van der Waals surface area contributed by atoms with Crippen molar-refractivity contribution in [1.82, 2.24) is 9.97 Å². The number of pyridine rings is 2. The third-order valence-electron chi connectivity index (χ3n) is 3.71. The molecule has 1 aliphatic rings. The van der Waals surface area contributed by atoms with E-state index in [9.17, 15) is 28.3 Å². The topological polar surface area (TPSA) is 144 Å². The van der Waals surface area contributed by atoms with Crippen molar-refractivity contribution >= 4 is 32.5 Å². The first-order valence-electron chi connectivity index (χ1n) is 6.83. The second-order valence-corrected chi connectivity index (χ2v) is 8.12. The van der Waals surface area contributed by atoms with E-state index in [2.05, 4.69) is 9.97 Å². The molecule has 0 amide bonds. The molecule has 0 bridgehead atoms. The predicted octanol–water partition coefficient (Wildman–Crippen LogP) is 1.31. The van der Waals surface area contributed by atoms with Crippen LogP contribution >= 0.6 is 0 Å². The van der Waals surface area contributed by atoms with Crippen molar-refractivity contribution in [3.63, 3.8) is 0 Å². The molecule has 0 aromatic carbocycles. The minimum atomic E-state index is -5.14. The van der Waals surface area contributed by atoms with Gasteiger partial charge in [0.15, 0.2) is 27.1 Å². The summed E-state index contributed by atoms with van der Waals surface area (Å²) in [5.41, 5.74) is -0.761. The van der Waals surface area contributed by atoms with Crippen molar-refractivity contribution in [2.24, 2.45) is 0 Å². The Kier molecular flexibility index (Phi) is 3.29. The summed E-state index contributed by atoms with van der Waals surface area (Å²) in [7, 11) is -5.14. The Morgan fingerprint density at radius 1 is 1.30 bits per heavy atom. The highest BCUT2D eigenvalue weighted by molar-refractivity contribution is 8.11. The Hall–Kier alpha value is -2.30. The van der Waals surface area contributed by atoms with Gasteiger partial charge in [-0.2, -0.15) is 0 Å². The van der Waals surface area contributed by atoms with Crippen LogP contribution in [0, 0.1) is 0 Å². The number of aromatic nitrogens is 2. The van der Waals surface area contributed by atoms with Gasteiger partial charge in [-0.15, -0.1) is 0 Å². The number of rotatable bonds is 2. The molecule has 3 rings (SSSR count). The predicted molar refractivity (Wildman–Crippen MR) is 83.0 cm³/mol. The minimum Gasteiger partial charge on any atom is -0.504 e. The summed E-state index contributed by atoms with van der Waals surface area (Å²) in [6.07, 6.45) is 2.23. The Bertz CT molecular complexity index is 877. The fraction of sp³-hybridized carbons (Fsp3) is 0.308. The third-order valence-corrected chi connectivity index (χ3v) is 5.95. The number of aromatic carboxylic acids is 1. The van der Waals surface area contributed by atoms with E-state index in [1.807, 2.05) is 0 Å². The number of nitrogens with zero attached hydrogens (tertiary/aromatic N) is 3. The molecule has 0 aliphatic carbocycles. The average molecular weight is 341 g/mol. The van der Waals surface area contributed by atoms with Crippen LogP contribution in [-0.4, -0.2) is 51.8 Å². The van der Waals surface area contributed by atoms with Gasteiger partial charge in [0.25, 0.3) is 0 Å². The largest absolute Gasteiger partial charge is 0.504 e. The second kappa shape index (κ2) is 4.85. The third kappa shape index (κ3) is 2.50. The molecule has 0 atom stereocenters. The van der Waals surface area contributed by atoms with Gasteiger partial charge in [-0.3, -0.25) is 18.4 Å². The lowest BCUT2D eigenvalue weighted by atomic mass is 10.2. The van der Waals surface area contributed by atoms with E-state index in [0.717, 1.165) is 4.31 Å². The molecule has 9 nitrogen and oxygen atoms in total. The SMILES string of the molecule is O=C(O)c1nc(N2CCCCS2(=O)(O)O)c2cccnc2c1O. The molecule has 0 spiro atoms. The molecule has 1 fully saturated rings. The first kappa shape index (κ1) is 15.6. The highest BCUT2D eigenvalue weighted by atomic mass is 32.3. The number of carboxylic acid groups (broad SMARTS) is 1. The van der Waals surface area contributed by atoms with Gasteiger partial charge in [0.1, 0.15) is 5.52 Å². The van der Waals surface area contributed by atoms with Crippen LogP contribution in [0.4, 0.5) is 5.82 Å². The van der Waals surface area contributed by atoms with E-state index in [4.69, 9.17) is 0 Å². The maximum atomic E-state index is 12.5. The highest BCUT2D eigenvalue weighted by Gasteiger charge is 2.42. The molecule has 2 aromatic heterocycles. The molecule has 1 saturated heterocycles. The standard InChI is InChI=1S/C13H15N3O6S/c17-11-9-8(4-3-5-14-9)12(15-10(11)13(18)19)16-6-1-2-7-23(16,20,21)22/h3-5,17H,1-2,6-7H2,(H,18,19)(H2,20,21,22). The zero-order valence-electron chi connectivity index (χ0n) is 11.9. The molecule has 10 heteroatoms. The van der Waals surface area contributed by atoms with Crippen molar-refractivity contribution in [3.8, 4) is 5.75 Å². The van der Waals surface area contributed by atoms with Crippen molar-refractivity contribution in [2.45, 2.75) is 12.8 Å². The van der Waals surface area contributed by atoms with Crippen molar-refractivity contribution < 1.29 is 28.3 Å². The molecule has 0 saturated carbocycles. The first-order chi connectivity index (χ1) is 10.7. The Balaban J connectivity index is 2.35. The van der Waals surface area contributed by atoms with Crippen LogP contribution in [0.25, 0.3) is 10.9 Å². The monoisotopic (exact) mass is 341 g/mol. The average Bonchev–Trinajstić information content (AvgIpc) is 2.47. The lowest BCUT2D eigenvalue weighted by molar-refractivity contribution is 0.0687. The van der Waals surface area contributed by atoms with Gasteiger partial charge < -0.3 is 10.2 Å². The van der Waals surface area contributed by atoms with Crippen LogP contribution in [0.1, 0.15) is 23.3 Å². The summed E-state index contributed by atoms with van der Waals surface area (Å²) >= 11 is 0. The molecular weight excluding hydrogens is 326 g/mol. The van der Waals surface area contributed by atoms with Crippen LogP contribution < -0.4 is 4.31 Å². The minimum absolute atomic E-state index is 0.0270. The van der Waals surface area contributed by atoms with E-state index >= 15 is 0 Å². The number of hydrogen-bond acceptors (Lipinski definition) is 5. The normalized spacial score (nSPS) is 21.5. The Morgan fingerprint density at radius 3 is 2.70 bits per heavy atom. The molecule has 0 radical (unpaired) electrons. The summed E-state index contributed by atoms with van der Waals surface area (Å²) in [6, 6.07) is 3.00. The number of fused-ring (bicyclic) bond motifs is 1. The molecule has 4 N–H and O–H groups in total. The van der Waals surface area contributed by atoms with E-state index < -0.39 is 27.2 Å². The number of hydrogen-bond donors (Lipinski definition) is 4. The molecule has 2 aromatic rings. The summed E-state index contributed by atoms with van der Waals surface area (Å²) in [5.74, 6) is -2.68. The first-order valence-corrected chi connectivity index (χ1v) is 8.83. The van der Waals surface area contributed by atoms with Gasteiger partial charge in [-0.1, -0.05) is 0 Å². The van der Waals surface area contributed by atoms with Crippen LogP contribution in [0.15, 0.2) is 18.3 Å². The molecule has 0 unspecified atom stereocenters. The van der Waals surface area contributed by atoms with Crippen molar-refractivity contribution in [1.29, 1.82) is 0 Å². The fourth-order valence-corrected chi connectivity index (χ4v) is 4.54. The fourth-order valence-electron chi connectivity index (χ4n) is 2.63. The van der Waals surface area contributed by atoms with E-state index in [-0.39, 0.29) is 29.0 Å². The van der Waals surface area contributed by atoms with Crippen LogP contribution in [-0.2, 0) is 9.81 Å². The van der Waals surface area contributed by atoms with E-state index in [1.54, 1.807) is 0 Å². The lowest BCUT2D eigenvalue weighted by Crippen LogP contribution is -2.56. The number of anilines is 1.